The van der Waals surface area contributed by atoms with Crippen molar-refractivity contribution in [2.75, 3.05) is 30.5 Å². The van der Waals surface area contributed by atoms with Crippen molar-refractivity contribution in [1.82, 2.24) is 4.72 Å². The lowest BCUT2D eigenvalue weighted by molar-refractivity contribution is 0.163. The number of sulfone groups is 1. The van der Waals surface area contributed by atoms with Crippen molar-refractivity contribution in [3.05, 3.63) is 0 Å². The van der Waals surface area contributed by atoms with E-state index in [1.54, 1.807) is 6.92 Å². The summed E-state index contributed by atoms with van der Waals surface area (Å²) in [6, 6.07) is -0.742. The number of hydrogen-bond acceptors (Lipinski definition) is 5. The lowest BCUT2D eigenvalue weighted by Crippen LogP contribution is -2.42. The first-order valence-corrected chi connectivity index (χ1v) is 9.09. The number of nitrogens with one attached hydrogen (secondary N) is 1. The van der Waals surface area contributed by atoms with E-state index in [1.807, 2.05) is 0 Å². The van der Waals surface area contributed by atoms with Crippen LogP contribution in [0.4, 0.5) is 0 Å². The van der Waals surface area contributed by atoms with Crippen LogP contribution in [0.25, 0.3) is 0 Å². The Morgan fingerprint density at radius 2 is 2.06 bits per heavy atom. The second-order valence-electron chi connectivity index (χ2n) is 3.83. The Balaban J connectivity index is 2.54. The molecule has 1 aliphatic heterocycles. The van der Waals surface area contributed by atoms with Gasteiger partial charge in [0.2, 0.25) is 10.0 Å². The fraction of sp³-hybridized carbons (Fsp3) is 1.00. The molecular formula is C8H16ClNO5S2. The van der Waals surface area contributed by atoms with Crippen molar-refractivity contribution in [3.8, 4) is 0 Å². The SMILES string of the molecule is CCOCCS(=O)(=O)NC1CS(=O)(=O)CC1Cl. The van der Waals surface area contributed by atoms with Gasteiger partial charge in [0, 0.05) is 6.61 Å². The monoisotopic (exact) mass is 305 g/mol. The summed E-state index contributed by atoms with van der Waals surface area (Å²) in [6.45, 7) is 2.28. The minimum absolute atomic E-state index is 0.0816. The van der Waals surface area contributed by atoms with Crippen molar-refractivity contribution in [2.45, 2.75) is 18.3 Å². The molecular weight excluding hydrogens is 290 g/mol. The zero-order valence-electron chi connectivity index (χ0n) is 9.43. The van der Waals surface area contributed by atoms with E-state index in [4.69, 9.17) is 16.3 Å². The van der Waals surface area contributed by atoms with Crippen molar-refractivity contribution in [1.29, 1.82) is 0 Å². The first-order valence-electron chi connectivity index (χ1n) is 5.18. The molecule has 0 spiro atoms. The van der Waals surface area contributed by atoms with E-state index in [2.05, 4.69) is 4.72 Å². The van der Waals surface area contributed by atoms with Crippen molar-refractivity contribution in [3.63, 3.8) is 0 Å². The van der Waals surface area contributed by atoms with E-state index in [1.165, 1.54) is 0 Å². The predicted molar refractivity (Wildman–Crippen MR) is 65.5 cm³/mol. The average molecular weight is 306 g/mol. The molecule has 102 valence electrons. The molecule has 1 aliphatic rings. The Labute approximate surface area is 107 Å². The maximum atomic E-state index is 11.6. The molecule has 2 atom stereocenters. The summed E-state index contributed by atoms with van der Waals surface area (Å²) in [6.07, 6.45) is 0. The van der Waals surface area contributed by atoms with Gasteiger partial charge in [0.25, 0.3) is 0 Å². The Bertz CT molecular complexity index is 447. The molecule has 0 amide bonds. The second-order valence-corrected chi connectivity index (χ2v) is 8.42. The van der Waals surface area contributed by atoms with Crippen LogP contribution in [-0.2, 0) is 24.6 Å². The van der Waals surface area contributed by atoms with Crippen LogP contribution in [0.3, 0.4) is 0 Å². The number of rotatable bonds is 6. The topological polar surface area (TPSA) is 89.5 Å². The van der Waals surface area contributed by atoms with E-state index in [0.29, 0.717) is 6.61 Å². The van der Waals surface area contributed by atoms with Crippen LogP contribution in [0, 0.1) is 0 Å². The van der Waals surface area contributed by atoms with Crippen molar-refractivity contribution >= 4 is 31.5 Å². The van der Waals surface area contributed by atoms with Gasteiger partial charge in [-0.15, -0.1) is 11.6 Å². The fourth-order valence-electron chi connectivity index (χ4n) is 1.52. The summed E-state index contributed by atoms with van der Waals surface area (Å²) in [5.74, 6) is -0.622. The highest BCUT2D eigenvalue weighted by atomic mass is 35.5. The Morgan fingerprint density at radius 3 is 2.53 bits per heavy atom. The Morgan fingerprint density at radius 1 is 1.41 bits per heavy atom. The highest BCUT2D eigenvalue weighted by Gasteiger charge is 2.38. The summed E-state index contributed by atoms with van der Waals surface area (Å²) in [5, 5.41) is -0.707. The quantitative estimate of drug-likeness (QED) is 0.520. The number of hydrogen-bond donors (Lipinski definition) is 1. The second kappa shape index (κ2) is 5.83. The lowest BCUT2D eigenvalue weighted by atomic mass is 10.3. The van der Waals surface area contributed by atoms with E-state index < -0.39 is 31.3 Å². The predicted octanol–water partition coefficient (Wildman–Crippen LogP) is -0.653. The average Bonchev–Trinajstić information content (AvgIpc) is 2.38. The maximum Gasteiger partial charge on any atom is 0.214 e. The van der Waals surface area contributed by atoms with Crippen LogP contribution >= 0.6 is 11.6 Å². The minimum atomic E-state index is -3.54. The van der Waals surface area contributed by atoms with E-state index in [-0.39, 0.29) is 23.9 Å². The molecule has 17 heavy (non-hydrogen) atoms. The third-order valence-corrected chi connectivity index (χ3v) is 6.06. The van der Waals surface area contributed by atoms with Gasteiger partial charge < -0.3 is 4.74 Å². The lowest BCUT2D eigenvalue weighted by Gasteiger charge is -2.14. The number of alkyl halides is 1. The van der Waals surface area contributed by atoms with E-state index in [9.17, 15) is 16.8 Å². The first kappa shape index (κ1) is 15.2. The highest BCUT2D eigenvalue weighted by molar-refractivity contribution is 7.92. The molecule has 2 unspecified atom stereocenters. The largest absolute Gasteiger partial charge is 0.381 e. The summed E-state index contributed by atoms with van der Waals surface area (Å²) in [4.78, 5) is 0. The Hall–Kier alpha value is 0.110. The van der Waals surface area contributed by atoms with Gasteiger partial charge in [-0.05, 0) is 6.92 Å². The molecule has 0 aromatic heterocycles. The molecule has 0 saturated carbocycles. The molecule has 1 N–H and O–H groups in total. The van der Waals surface area contributed by atoms with Gasteiger partial charge in [-0.1, -0.05) is 0 Å². The molecule has 1 rings (SSSR count). The molecule has 6 nitrogen and oxygen atoms in total. The van der Waals surface area contributed by atoms with Crippen LogP contribution in [0.1, 0.15) is 6.92 Å². The van der Waals surface area contributed by atoms with Crippen LogP contribution in [-0.4, -0.2) is 58.7 Å². The fourth-order valence-corrected chi connectivity index (χ4v) is 5.41. The maximum absolute atomic E-state index is 11.6. The molecule has 1 fully saturated rings. The molecule has 9 heteroatoms. The van der Waals surface area contributed by atoms with Gasteiger partial charge in [0.15, 0.2) is 9.84 Å². The number of ether oxygens (including phenoxy) is 1. The zero-order valence-corrected chi connectivity index (χ0v) is 11.8. The molecule has 1 saturated heterocycles. The molecule has 0 bridgehead atoms. The number of sulfonamides is 1. The van der Waals surface area contributed by atoms with Gasteiger partial charge in [0.05, 0.1) is 35.3 Å². The van der Waals surface area contributed by atoms with Gasteiger partial charge in [0.1, 0.15) is 0 Å². The van der Waals surface area contributed by atoms with Gasteiger partial charge in [-0.25, -0.2) is 21.6 Å². The van der Waals surface area contributed by atoms with Crippen LogP contribution in [0.2, 0.25) is 0 Å². The third-order valence-electron chi connectivity index (χ3n) is 2.31. The zero-order chi connectivity index (χ0) is 13.1. The van der Waals surface area contributed by atoms with Gasteiger partial charge in [-0.2, -0.15) is 0 Å². The smallest absolute Gasteiger partial charge is 0.214 e. The third kappa shape index (κ3) is 5.09. The molecule has 0 radical (unpaired) electrons. The standard InChI is InChI=1S/C8H16ClNO5S2/c1-2-15-3-4-17(13,14)10-8-6-16(11,12)5-7(8)9/h7-8,10H,2-6H2,1H3. The summed E-state index contributed by atoms with van der Waals surface area (Å²) >= 11 is 5.79. The molecule has 0 aliphatic carbocycles. The molecule has 0 aromatic carbocycles. The normalized spacial score (nSPS) is 28.4. The first-order chi connectivity index (χ1) is 7.76. The van der Waals surface area contributed by atoms with Crippen LogP contribution in [0.15, 0.2) is 0 Å². The Kier molecular flexibility index (Phi) is 5.21. The summed E-state index contributed by atoms with van der Waals surface area (Å²) in [5.41, 5.74) is 0. The van der Waals surface area contributed by atoms with Crippen LogP contribution in [0.5, 0.6) is 0 Å². The number of halogens is 1. The van der Waals surface area contributed by atoms with Gasteiger partial charge >= 0.3 is 0 Å². The van der Waals surface area contributed by atoms with Gasteiger partial charge in [-0.3, -0.25) is 0 Å². The summed E-state index contributed by atoms with van der Waals surface area (Å²) < 4.78 is 52.9. The highest BCUT2D eigenvalue weighted by Crippen LogP contribution is 2.18. The molecule has 1 heterocycles. The molecule has 0 aromatic rings. The van der Waals surface area contributed by atoms with Crippen LogP contribution < -0.4 is 4.72 Å². The van der Waals surface area contributed by atoms with E-state index >= 15 is 0 Å². The van der Waals surface area contributed by atoms with Crippen molar-refractivity contribution < 1.29 is 21.6 Å². The van der Waals surface area contributed by atoms with E-state index in [0.717, 1.165) is 0 Å². The minimum Gasteiger partial charge on any atom is -0.381 e. The van der Waals surface area contributed by atoms with Crippen molar-refractivity contribution in [2.24, 2.45) is 0 Å². The summed E-state index contributed by atoms with van der Waals surface area (Å²) in [7, 11) is -6.78.